The Hall–Kier alpha value is -1.76. The Bertz CT molecular complexity index is 567. The number of aliphatic imine (C=N–C) groups is 1. The molecule has 0 bridgehead atoms. The van der Waals surface area contributed by atoms with Crippen LogP contribution < -0.4 is 16.4 Å². The molecule has 0 aliphatic carbocycles. The maximum atomic E-state index is 5.86. The Morgan fingerprint density at radius 3 is 2.36 bits per heavy atom. The first kappa shape index (κ1) is 18.3. The van der Waals surface area contributed by atoms with E-state index in [1.807, 2.05) is 42.5 Å². The van der Waals surface area contributed by atoms with E-state index < -0.39 is 0 Å². The topological polar surface area (TPSA) is 62.4 Å². The van der Waals surface area contributed by atoms with Crippen molar-refractivity contribution in [3.05, 3.63) is 60.2 Å². The quantitative estimate of drug-likeness (QED) is 0.294. The van der Waals surface area contributed by atoms with E-state index in [4.69, 9.17) is 5.73 Å². The van der Waals surface area contributed by atoms with Crippen molar-refractivity contribution in [3.63, 3.8) is 0 Å². The van der Waals surface area contributed by atoms with Crippen LogP contribution >= 0.6 is 24.0 Å². The van der Waals surface area contributed by atoms with Gasteiger partial charge in [0.1, 0.15) is 0 Å². The number of para-hydroxylation sites is 1. The Labute approximate surface area is 149 Å². The van der Waals surface area contributed by atoms with Crippen molar-refractivity contribution in [1.82, 2.24) is 0 Å². The van der Waals surface area contributed by atoms with Crippen LogP contribution in [-0.4, -0.2) is 19.0 Å². The van der Waals surface area contributed by atoms with Crippen molar-refractivity contribution < 1.29 is 0 Å². The summed E-state index contributed by atoms with van der Waals surface area (Å²) in [4.78, 5) is 4.32. The fourth-order valence-electron chi connectivity index (χ4n) is 1.89. The van der Waals surface area contributed by atoms with Gasteiger partial charge in [-0.1, -0.05) is 35.9 Å². The number of anilines is 2. The molecular weight excluding hydrogens is 387 g/mol. The van der Waals surface area contributed by atoms with Gasteiger partial charge in [0.2, 0.25) is 0 Å². The molecular formula is C17H23IN4. The summed E-state index contributed by atoms with van der Waals surface area (Å²) in [5.74, 6) is 0.457. The van der Waals surface area contributed by atoms with Crippen molar-refractivity contribution in [2.75, 3.05) is 23.7 Å². The molecule has 2 rings (SSSR count). The summed E-state index contributed by atoms with van der Waals surface area (Å²) in [7, 11) is 0. The average Bonchev–Trinajstić information content (AvgIpc) is 2.50. The van der Waals surface area contributed by atoms with Gasteiger partial charge in [-0.15, -0.1) is 24.0 Å². The summed E-state index contributed by atoms with van der Waals surface area (Å²) in [6.45, 7) is 3.64. The molecule has 118 valence electrons. The van der Waals surface area contributed by atoms with Crippen LogP contribution in [0.15, 0.2) is 59.6 Å². The molecule has 0 heterocycles. The van der Waals surface area contributed by atoms with Crippen LogP contribution in [0, 0.1) is 6.92 Å². The second kappa shape index (κ2) is 10.0. The predicted molar refractivity (Wildman–Crippen MR) is 106 cm³/mol. The number of hydrogen-bond acceptors (Lipinski definition) is 2. The summed E-state index contributed by atoms with van der Waals surface area (Å²) in [6, 6.07) is 18.2. The number of rotatable bonds is 6. The van der Waals surface area contributed by atoms with Gasteiger partial charge in [-0.3, -0.25) is 4.99 Å². The molecule has 22 heavy (non-hydrogen) atoms. The molecule has 4 N–H and O–H groups in total. The minimum Gasteiger partial charge on any atom is -0.385 e. The van der Waals surface area contributed by atoms with E-state index in [1.54, 1.807) is 0 Å². The van der Waals surface area contributed by atoms with Crippen LogP contribution in [-0.2, 0) is 0 Å². The van der Waals surface area contributed by atoms with E-state index in [2.05, 4.69) is 34.7 Å². The summed E-state index contributed by atoms with van der Waals surface area (Å²) < 4.78 is 0. The first-order valence-electron chi connectivity index (χ1n) is 7.16. The molecule has 0 amide bonds. The lowest BCUT2D eigenvalue weighted by atomic mass is 10.2. The number of hydrogen-bond donors (Lipinski definition) is 3. The molecule has 0 radical (unpaired) electrons. The third kappa shape index (κ3) is 6.80. The normalized spacial score (nSPS) is 10.7. The lowest BCUT2D eigenvalue weighted by Crippen LogP contribution is -2.23. The standard InChI is InChI=1S/C17H22N4.HI/c1-14-8-10-16(11-9-14)21-17(18)20-13-5-12-19-15-6-3-2-4-7-15;/h2-4,6-11,19H,5,12-13H2,1H3,(H3,18,20,21);1H. The SMILES string of the molecule is Cc1ccc(NC(N)=NCCCNc2ccccc2)cc1.I. The van der Waals surface area contributed by atoms with Crippen LogP contribution in [0.4, 0.5) is 11.4 Å². The lowest BCUT2D eigenvalue weighted by molar-refractivity contribution is 0.873. The monoisotopic (exact) mass is 410 g/mol. The third-order valence-electron chi connectivity index (χ3n) is 3.04. The van der Waals surface area contributed by atoms with Crippen LogP contribution in [0.1, 0.15) is 12.0 Å². The first-order chi connectivity index (χ1) is 10.2. The van der Waals surface area contributed by atoms with Gasteiger partial charge in [-0.05, 0) is 37.6 Å². The number of guanidine groups is 1. The molecule has 4 nitrogen and oxygen atoms in total. The molecule has 0 spiro atoms. The van der Waals surface area contributed by atoms with Gasteiger partial charge in [-0.2, -0.15) is 0 Å². The highest BCUT2D eigenvalue weighted by molar-refractivity contribution is 14.0. The smallest absolute Gasteiger partial charge is 0.193 e. The Balaban J connectivity index is 0.00000242. The first-order valence-corrected chi connectivity index (χ1v) is 7.16. The molecule has 2 aromatic rings. The minimum atomic E-state index is 0. The number of nitrogens with zero attached hydrogens (tertiary/aromatic N) is 1. The van der Waals surface area contributed by atoms with Crippen molar-refractivity contribution in [1.29, 1.82) is 0 Å². The second-order valence-corrected chi connectivity index (χ2v) is 4.90. The van der Waals surface area contributed by atoms with Crippen molar-refractivity contribution in [2.45, 2.75) is 13.3 Å². The van der Waals surface area contributed by atoms with Gasteiger partial charge in [0.05, 0.1) is 0 Å². The number of nitrogens with one attached hydrogen (secondary N) is 2. The number of halogens is 1. The molecule has 0 atom stereocenters. The molecule has 0 saturated heterocycles. The zero-order chi connectivity index (χ0) is 14.9. The number of nitrogens with two attached hydrogens (primary N) is 1. The van der Waals surface area contributed by atoms with Crippen LogP contribution in [0.25, 0.3) is 0 Å². The average molecular weight is 410 g/mol. The summed E-state index contributed by atoms with van der Waals surface area (Å²) >= 11 is 0. The highest BCUT2D eigenvalue weighted by Crippen LogP contribution is 2.08. The van der Waals surface area contributed by atoms with Gasteiger partial charge in [0.15, 0.2) is 5.96 Å². The maximum Gasteiger partial charge on any atom is 0.193 e. The van der Waals surface area contributed by atoms with Gasteiger partial charge in [0.25, 0.3) is 0 Å². The lowest BCUT2D eigenvalue weighted by Gasteiger charge is -2.07. The highest BCUT2D eigenvalue weighted by Gasteiger charge is 1.95. The van der Waals surface area contributed by atoms with Crippen molar-refractivity contribution >= 4 is 41.3 Å². The van der Waals surface area contributed by atoms with Crippen molar-refractivity contribution in [2.24, 2.45) is 10.7 Å². The molecule has 0 fully saturated rings. The number of aryl methyl sites for hydroxylation is 1. The maximum absolute atomic E-state index is 5.86. The van der Waals surface area contributed by atoms with E-state index in [1.165, 1.54) is 5.56 Å². The molecule has 0 aliphatic heterocycles. The van der Waals surface area contributed by atoms with Crippen LogP contribution in [0.5, 0.6) is 0 Å². The highest BCUT2D eigenvalue weighted by atomic mass is 127. The third-order valence-corrected chi connectivity index (χ3v) is 3.04. The predicted octanol–water partition coefficient (Wildman–Crippen LogP) is 3.84. The molecule has 2 aromatic carbocycles. The Morgan fingerprint density at radius 2 is 1.68 bits per heavy atom. The summed E-state index contributed by atoms with van der Waals surface area (Å²) in [5.41, 5.74) is 9.17. The fourth-order valence-corrected chi connectivity index (χ4v) is 1.89. The zero-order valence-corrected chi connectivity index (χ0v) is 15.1. The molecule has 0 saturated carbocycles. The van der Waals surface area contributed by atoms with E-state index in [0.717, 1.165) is 24.3 Å². The number of benzene rings is 2. The van der Waals surface area contributed by atoms with Gasteiger partial charge in [0, 0.05) is 24.5 Å². The van der Waals surface area contributed by atoms with E-state index in [-0.39, 0.29) is 24.0 Å². The molecule has 0 aliphatic rings. The van der Waals surface area contributed by atoms with E-state index >= 15 is 0 Å². The molecule has 5 heteroatoms. The van der Waals surface area contributed by atoms with Gasteiger partial charge in [-0.25, -0.2) is 0 Å². The summed E-state index contributed by atoms with van der Waals surface area (Å²) in [6.07, 6.45) is 0.936. The van der Waals surface area contributed by atoms with E-state index in [9.17, 15) is 0 Å². The molecule has 0 unspecified atom stereocenters. The minimum absolute atomic E-state index is 0. The largest absolute Gasteiger partial charge is 0.385 e. The Morgan fingerprint density at radius 1 is 1.00 bits per heavy atom. The zero-order valence-electron chi connectivity index (χ0n) is 12.8. The van der Waals surface area contributed by atoms with Gasteiger partial charge < -0.3 is 16.4 Å². The van der Waals surface area contributed by atoms with E-state index in [0.29, 0.717) is 12.5 Å². The molecule has 0 aromatic heterocycles. The van der Waals surface area contributed by atoms with Crippen LogP contribution in [0.3, 0.4) is 0 Å². The van der Waals surface area contributed by atoms with Crippen molar-refractivity contribution in [3.8, 4) is 0 Å². The van der Waals surface area contributed by atoms with Gasteiger partial charge >= 0.3 is 0 Å². The Kier molecular flexibility index (Phi) is 8.35. The second-order valence-electron chi connectivity index (χ2n) is 4.90. The van der Waals surface area contributed by atoms with Crippen LogP contribution in [0.2, 0.25) is 0 Å². The fraction of sp³-hybridized carbons (Fsp3) is 0.235. The summed E-state index contributed by atoms with van der Waals surface area (Å²) in [5, 5.41) is 6.43.